The van der Waals surface area contributed by atoms with Crippen LogP contribution in [0.2, 0.25) is 0 Å². The SMILES string of the molecule is CCn1nnc2c(C)c(C(c3cc(CO)n(C)n3)C(C)(C)C(=O)O)ccc21. The quantitative estimate of drug-likeness (QED) is 0.688. The molecule has 27 heavy (non-hydrogen) atoms. The number of aryl methyl sites for hydroxylation is 3. The van der Waals surface area contributed by atoms with Gasteiger partial charge in [0.15, 0.2) is 0 Å². The number of benzene rings is 1. The second-order valence-corrected chi connectivity index (χ2v) is 7.35. The molecule has 1 aromatic carbocycles. The molecule has 2 heterocycles. The normalized spacial score (nSPS) is 13.3. The number of aromatic nitrogens is 5. The van der Waals surface area contributed by atoms with E-state index in [0.29, 0.717) is 17.9 Å². The minimum Gasteiger partial charge on any atom is -0.481 e. The van der Waals surface area contributed by atoms with E-state index in [0.717, 1.165) is 22.2 Å². The number of carbonyl (C=O) groups is 1. The van der Waals surface area contributed by atoms with Crippen molar-refractivity contribution in [2.75, 3.05) is 0 Å². The average molecular weight is 371 g/mol. The lowest BCUT2D eigenvalue weighted by Gasteiger charge is -2.30. The summed E-state index contributed by atoms with van der Waals surface area (Å²) < 4.78 is 3.40. The van der Waals surface area contributed by atoms with Gasteiger partial charge in [-0.2, -0.15) is 5.10 Å². The molecule has 8 nitrogen and oxygen atoms in total. The number of carboxylic acids is 1. The van der Waals surface area contributed by atoms with E-state index < -0.39 is 17.3 Å². The van der Waals surface area contributed by atoms with Crippen molar-refractivity contribution >= 4 is 17.0 Å². The van der Waals surface area contributed by atoms with E-state index in [9.17, 15) is 15.0 Å². The van der Waals surface area contributed by atoms with Crippen LogP contribution in [-0.2, 0) is 25.0 Å². The van der Waals surface area contributed by atoms with Crippen LogP contribution >= 0.6 is 0 Å². The van der Waals surface area contributed by atoms with Crippen LogP contribution in [-0.4, -0.2) is 41.0 Å². The molecule has 1 unspecified atom stereocenters. The van der Waals surface area contributed by atoms with Crippen molar-refractivity contribution in [1.29, 1.82) is 0 Å². The number of rotatable bonds is 6. The van der Waals surface area contributed by atoms with Gasteiger partial charge in [0, 0.05) is 19.5 Å². The monoisotopic (exact) mass is 371 g/mol. The predicted molar refractivity (Wildman–Crippen MR) is 100 cm³/mol. The largest absolute Gasteiger partial charge is 0.481 e. The van der Waals surface area contributed by atoms with Gasteiger partial charge in [-0.05, 0) is 51.0 Å². The lowest BCUT2D eigenvalue weighted by atomic mass is 9.72. The molecule has 144 valence electrons. The Morgan fingerprint density at radius 1 is 1.33 bits per heavy atom. The molecule has 1 atom stereocenters. The number of carboxylic acid groups (broad SMARTS) is 1. The fourth-order valence-electron chi connectivity index (χ4n) is 3.59. The summed E-state index contributed by atoms with van der Waals surface area (Å²) in [6, 6.07) is 5.64. The summed E-state index contributed by atoms with van der Waals surface area (Å²) >= 11 is 0. The third kappa shape index (κ3) is 2.99. The number of aliphatic hydroxyl groups is 1. The standard InChI is InChI=1S/C19H25N5O3/c1-6-24-15-8-7-13(11(2)17(15)20-22-24)16(19(3,4)18(26)27)14-9-12(10-25)23(5)21-14/h7-9,16,25H,6,10H2,1-5H3,(H,26,27). The Bertz CT molecular complexity index is 1000. The van der Waals surface area contributed by atoms with Gasteiger partial charge in [0.1, 0.15) is 5.52 Å². The Morgan fingerprint density at radius 2 is 2.04 bits per heavy atom. The fourth-order valence-corrected chi connectivity index (χ4v) is 3.59. The van der Waals surface area contributed by atoms with Crippen LogP contribution in [0, 0.1) is 12.3 Å². The Balaban J connectivity index is 2.26. The fraction of sp³-hybridized carbons (Fsp3) is 0.474. The molecule has 0 radical (unpaired) electrons. The third-order valence-electron chi connectivity index (χ3n) is 5.32. The highest BCUT2D eigenvalue weighted by Gasteiger charge is 2.41. The maximum Gasteiger partial charge on any atom is 0.310 e. The molecule has 0 bridgehead atoms. The van der Waals surface area contributed by atoms with Crippen molar-refractivity contribution in [2.24, 2.45) is 12.5 Å². The van der Waals surface area contributed by atoms with E-state index in [1.165, 1.54) is 0 Å². The Morgan fingerprint density at radius 3 is 2.59 bits per heavy atom. The van der Waals surface area contributed by atoms with Gasteiger partial charge in [-0.1, -0.05) is 11.3 Å². The first-order chi connectivity index (χ1) is 12.7. The molecule has 0 aliphatic heterocycles. The highest BCUT2D eigenvalue weighted by Crippen LogP contribution is 2.43. The van der Waals surface area contributed by atoms with Crippen LogP contribution in [0.25, 0.3) is 11.0 Å². The molecular formula is C19H25N5O3. The molecule has 8 heteroatoms. The summed E-state index contributed by atoms with van der Waals surface area (Å²) in [6.45, 7) is 7.87. The van der Waals surface area contributed by atoms with Gasteiger partial charge in [0.25, 0.3) is 0 Å². The maximum atomic E-state index is 12.1. The van der Waals surface area contributed by atoms with Gasteiger partial charge in [0.05, 0.1) is 28.9 Å². The molecule has 3 aromatic rings. The molecular weight excluding hydrogens is 346 g/mol. The second kappa shape index (κ2) is 6.77. The van der Waals surface area contributed by atoms with E-state index >= 15 is 0 Å². The predicted octanol–water partition coefficient (Wildman–Crippen LogP) is 2.23. The van der Waals surface area contributed by atoms with E-state index in [-0.39, 0.29) is 6.61 Å². The van der Waals surface area contributed by atoms with Gasteiger partial charge >= 0.3 is 5.97 Å². The summed E-state index contributed by atoms with van der Waals surface area (Å²) in [4.78, 5) is 12.1. The summed E-state index contributed by atoms with van der Waals surface area (Å²) in [7, 11) is 1.74. The van der Waals surface area contributed by atoms with Gasteiger partial charge < -0.3 is 10.2 Å². The van der Waals surface area contributed by atoms with Gasteiger partial charge in [-0.25, -0.2) is 4.68 Å². The molecule has 2 N–H and O–H groups in total. The van der Waals surface area contributed by atoms with Crippen LogP contribution < -0.4 is 0 Å². The highest BCUT2D eigenvalue weighted by molar-refractivity contribution is 5.81. The summed E-state index contributed by atoms with van der Waals surface area (Å²) in [5, 5.41) is 32.4. The molecule has 0 fully saturated rings. The van der Waals surface area contributed by atoms with Gasteiger partial charge in [0.2, 0.25) is 0 Å². The number of aliphatic hydroxyl groups excluding tert-OH is 1. The van der Waals surface area contributed by atoms with Gasteiger partial charge in [-0.15, -0.1) is 5.10 Å². The first kappa shape index (κ1) is 19.0. The van der Waals surface area contributed by atoms with Crippen LogP contribution in [0.5, 0.6) is 0 Å². The third-order valence-corrected chi connectivity index (χ3v) is 5.32. The van der Waals surface area contributed by atoms with Crippen LogP contribution in [0.3, 0.4) is 0 Å². The molecule has 2 aromatic heterocycles. The number of fused-ring (bicyclic) bond motifs is 1. The van der Waals surface area contributed by atoms with Crippen molar-refractivity contribution in [2.45, 2.75) is 46.8 Å². The lowest BCUT2D eigenvalue weighted by Crippen LogP contribution is -2.33. The van der Waals surface area contributed by atoms with E-state index in [4.69, 9.17) is 0 Å². The molecule has 0 saturated carbocycles. The Hall–Kier alpha value is -2.74. The molecule has 0 aliphatic carbocycles. The van der Waals surface area contributed by atoms with E-state index in [1.807, 2.05) is 30.7 Å². The Labute approximate surface area is 157 Å². The maximum absolute atomic E-state index is 12.1. The van der Waals surface area contributed by atoms with Crippen molar-refractivity contribution < 1.29 is 15.0 Å². The zero-order chi connectivity index (χ0) is 19.9. The van der Waals surface area contributed by atoms with Crippen molar-refractivity contribution in [3.8, 4) is 0 Å². The Kier molecular flexibility index (Phi) is 4.77. The minimum absolute atomic E-state index is 0.160. The zero-order valence-corrected chi connectivity index (χ0v) is 16.3. The first-order valence-corrected chi connectivity index (χ1v) is 8.92. The average Bonchev–Trinajstić information content (AvgIpc) is 3.20. The molecule has 0 spiro atoms. The second-order valence-electron chi connectivity index (χ2n) is 7.35. The van der Waals surface area contributed by atoms with Gasteiger partial charge in [-0.3, -0.25) is 9.48 Å². The van der Waals surface area contributed by atoms with E-state index in [1.54, 1.807) is 31.6 Å². The van der Waals surface area contributed by atoms with Crippen LogP contribution in [0.15, 0.2) is 18.2 Å². The summed E-state index contributed by atoms with van der Waals surface area (Å²) in [5.41, 5.74) is 3.55. The van der Waals surface area contributed by atoms with Crippen LogP contribution in [0.1, 0.15) is 49.2 Å². The number of aliphatic carboxylic acids is 1. The number of nitrogens with zero attached hydrogens (tertiary/aromatic N) is 5. The number of hydrogen-bond donors (Lipinski definition) is 2. The molecule has 0 aliphatic rings. The van der Waals surface area contributed by atoms with Crippen LogP contribution in [0.4, 0.5) is 0 Å². The van der Waals surface area contributed by atoms with E-state index in [2.05, 4.69) is 15.4 Å². The number of hydrogen-bond acceptors (Lipinski definition) is 5. The van der Waals surface area contributed by atoms with Crippen molar-refractivity contribution in [3.05, 3.63) is 40.7 Å². The molecule has 0 amide bonds. The molecule has 0 saturated heterocycles. The molecule has 3 rings (SSSR count). The van der Waals surface area contributed by atoms with Crippen molar-refractivity contribution in [1.82, 2.24) is 24.8 Å². The minimum atomic E-state index is -1.11. The topological polar surface area (TPSA) is 106 Å². The first-order valence-electron chi connectivity index (χ1n) is 8.92. The zero-order valence-electron chi connectivity index (χ0n) is 16.3. The van der Waals surface area contributed by atoms with Crippen molar-refractivity contribution in [3.63, 3.8) is 0 Å². The smallest absolute Gasteiger partial charge is 0.310 e. The summed E-state index contributed by atoms with van der Waals surface area (Å²) in [5.74, 6) is -1.42. The highest BCUT2D eigenvalue weighted by atomic mass is 16.4. The lowest BCUT2D eigenvalue weighted by molar-refractivity contribution is -0.147. The summed E-state index contributed by atoms with van der Waals surface area (Å²) in [6.07, 6.45) is 0.